The molecule has 0 bridgehead atoms. The normalized spacial score (nSPS) is 12.3. The third-order valence-corrected chi connectivity index (χ3v) is 2.71. The zero-order valence-electron chi connectivity index (χ0n) is 10.8. The number of rotatable bonds is 5. The molecule has 1 atom stereocenters. The highest BCUT2D eigenvalue weighted by Gasteiger charge is 2.21. The first kappa shape index (κ1) is 13.5. The van der Waals surface area contributed by atoms with Gasteiger partial charge in [0.25, 0.3) is 0 Å². The minimum atomic E-state index is -0.227. The fourth-order valence-corrected chi connectivity index (χ4v) is 1.75. The summed E-state index contributed by atoms with van der Waals surface area (Å²) in [7, 11) is 6.89. The summed E-state index contributed by atoms with van der Waals surface area (Å²) >= 11 is 0. The summed E-state index contributed by atoms with van der Waals surface area (Å²) in [6, 6.07) is 7.66. The average molecular weight is 237 g/mol. The summed E-state index contributed by atoms with van der Waals surface area (Å²) in [6.07, 6.45) is 0.309. The summed E-state index contributed by atoms with van der Waals surface area (Å²) in [4.78, 5) is 13.4. The number of hydrogen-bond donors (Lipinski definition) is 0. The van der Waals surface area contributed by atoms with Gasteiger partial charge >= 0.3 is 5.97 Å². The van der Waals surface area contributed by atoms with Crippen molar-refractivity contribution in [3.8, 4) is 5.75 Å². The van der Waals surface area contributed by atoms with Crippen LogP contribution in [-0.4, -0.2) is 39.2 Å². The molecule has 0 aliphatic carbocycles. The van der Waals surface area contributed by atoms with Crippen molar-refractivity contribution < 1.29 is 14.3 Å². The lowest BCUT2D eigenvalue weighted by molar-refractivity contribution is -0.141. The lowest BCUT2D eigenvalue weighted by Crippen LogP contribution is -2.23. The number of carbonyl (C=O) groups excluding carboxylic acids is 1. The molecule has 0 saturated carbocycles. The Morgan fingerprint density at radius 3 is 2.47 bits per heavy atom. The van der Waals surface area contributed by atoms with E-state index in [-0.39, 0.29) is 12.0 Å². The number of benzene rings is 1. The van der Waals surface area contributed by atoms with Gasteiger partial charge < -0.3 is 14.4 Å². The monoisotopic (exact) mass is 237 g/mol. The lowest BCUT2D eigenvalue weighted by Gasteiger charge is -2.25. The maximum absolute atomic E-state index is 11.4. The van der Waals surface area contributed by atoms with Crippen LogP contribution in [0.25, 0.3) is 0 Å². The van der Waals surface area contributed by atoms with E-state index in [1.807, 2.05) is 43.3 Å². The maximum atomic E-state index is 11.4. The first-order valence-electron chi connectivity index (χ1n) is 5.46. The Balaban J connectivity index is 3.01. The van der Waals surface area contributed by atoms with Gasteiger partial charge in [-0.2, -0.15) is 0 Å². The Labute approximate surface area is 102 Å². The van der Waals surface area contributed by atoms with E-state index in [4.69, 9.17) is 9.47 Å². The van der Waals surface area contributed by atoms with Gasteiger partial charge in [0.15, 0.2) is 0 Å². The van der Waals surface area contributed by atoms with Crippen LogP contribution >= 0.6 is 0 Å². The van der Waals surface area contributed by atoms with E-state index in [1.165, 1.54) is 7.11 Å². The molecule has 1 aromatic carbocycles. The Morgan fingerprint density at radius 2 is 1.94 bits per heavy atom. The van der Waals surface area contributed by atoms with Crippen molar-refractivity contribution in [1.82, 2.24) is 4.90 Å². The van der Waals surface area contributed by atoms with Crippen molar-refractivity contribution in [1.29, 1.82) is 0 Å². The van der Waals surface area contributed by atoms with Gasteiger partial charge in [-0.1, -0.05) is 18.2 Å². The number of nitrogens with zero attached hydrogens (tertiary/aromatic N) is 1. The second kappa shape index (κ2) is 6.25. The maximum Gasteiger partial charge on any atom is 0.307 e. The van der Waals surface area contributed by atoms with Crippen molar-refractivity contribution in [2.24, 2.45) is 0 Å². The highest BCUT2D eigenvalue weighted by atomic mass is 16.5. The van der Waals surface area contributed by atoms with E-state index >= 15 is 0 Å². The molecule has 94 valence electrons. The van der Waals surface area contributed by atoms with Crippen molar-refractivity contribution in [3.05, 3.63) is 29.8 Å². The predicted octanol–water partition coefficient (Wildman–Crippen LogP) is 1.86. The average Bonchev–Trinajstić information content (AvgIpc) is 2.35. The molecule has 0 fully saturated rings. The molecular formula is C13H19NO3. The molecule has 1 aromatic rings. The summed E-state index contributed by atoms with van der Waals surface area (Å²) < 4.78 is 10.0. The first-order valence-corrected chi connectivity index (χ1v) is 5.46. The zero-order valence-corrected chi connectivity index (χ0v) is 10.8. The van der Waals surface area contributed by atoms with E-state index < -0.39 is 0 Å². The molecule has 1 unspecified atom stereocenters. The molecule has 0 radical (unpaired) electrons. The minimum absolute atomic E-state index is 0.0430. The topological polar surface area (TPSA) is 38.8 Å². The van der Waals surface area contributed by atoms with Crippen LogP contribution in [0.5, 0.6) is 5.75 Å². The largest absolute Gasteiger partial charge is 0.496 e. The van der Waals surface area contributed by atoms with Crippen molar-refractivity contribution in [2.75, 3.05) is 28.3 Å². The Kier molecular flexibility index (Phi) is 4.97. The van der Waals surface area contributed by atoms with Crippen molar-refractivity contribution >= 4 is 5.97 Å². The van der Waals surface area contributed by atoms with Gasteiger partial charge in [-0.25, -0.2) is 0 Å². The highest BCUT2D eigenvalue weighted by molar-refractivity contribution is 5.70. The predicted molar refractivity (Wildman–Crippen MR) is 66.1 cm³/mol. The van der Waals surface area contributed by atoms with Gasteiger partial charge in [-0.15, -0.1) is 0 Å². The van der Waals surface area contributed by atoms with Crippen LogP contribution in [0.15, 0.2) is 24.3 Å². The lowest BCUT2D eigenvalue weighted by atomic mass is 10.0. The van der Waals surface area contributed by atoms with E-state index in [0.717, 1.165) is 11.3 Å². The van der Waals surface area contributed by atoms with Crippen LogP contribution in [0.4, 0.5) is 0 Å². The molecule has 4 heteroatoms. The van der Waals surface area contributed by atoms with Gasteiger partial charge in [0.1, 0.15) is 5.75 Å². The van der Waals surface area contributed by atoms with Crippen molar-refractivity contribution in [2.45, 2.75) is 12.5 Å². The van der Waals surface area contributed by atoms with Crippen LogP contribution in [0, 0.1) is 0 Å². The van der Waals surface area contributed by atoms with Crippen LogP contribution < -0.4 is 4.74 Å². The fraction of sp³-hybridized carbons (Fsp3) is 0.462. The molecule has 0 N–H and O–H groups in total. The molecule has 0 heterocycles. The molecule has 0 spiro atoms. The molecule has 0 aromatic heterocycles. The molecule has 0 aliphatic heterocycles. The molecular weight excluding hydrogens is 218 g/mol. The highest BCUT2D eigenvalue weighted by Crippen LogP contribution is 2.30. The Hall–Kier alpha value is -1.55. The third kappa shape index (κ3) is 3.46. The van der Waals surface area contributed by atoms with Crippen LogP contribution in [-0.2, 0) is 9.53 Å². The fourth-order valence-electron chi connectivity index (χ4n) is 1.75. The summed E-state index contributed by atoms with van der Waals surface area (Å²) in [5.74, 6) is 0.560. The van der Waals surface area contributed by atoms with Crippen LogP contribution in [0.1, 0.15) is 18.0 Å². The third-order valence-electron chi connectivity index (χ3n) is 2.71. The molecule has 0 saturated heterocycles. The van der Waals surface area contributed by atoms with Gasteiger partial charge in [-0.3, -0.25) is 4.79 Å². The van der Waals surface area contributed by atoms with Crippen molar-refractivity contribution in [3.63, 3.8) is 0 Å². The Bertz CT molecular complexity index is 377. The summed E-state index contributed by atoms with van der Waals surface area (Å²) in [6.45, 7) is 0. The van der Waals surface area contributed by atoms with Gasteiger partial charge in [0.05, 0.1) is 20.6 Å². The number of hydrogen-bond acceptors (Lipinski definition) is 4. The molecule has 0 aliphatic rings. The van der Waals surface area contributed by atoms with E-state index in [9.17, 15) is 4.79 Å². The number of carbonyl (C=O) groups is 1. The Morgan fingerprint density at radius 1 is 1.29 bits per heavy atom. The SMILES string of the molecule is COC(=O)CC(c1ccccc1OC)N(C)C. The number of esters is 1. The molecule has 17 heavy (non-hydrogen) atoms. The summed E-state index contributed by atoms with van der Waals surface area (Å²) in [5, 5.41) is 0. The van der Waals surface area contributed by atoms with E-state index in [2.05, 4.69) is 0 Å². The standard InChI is InChI=1S/C13H19NO3/c1-14(2)11(9-13(15)17-4)10-7-5-6-8-12(10)16-3/h5-8,11H,9H2,1-4H3. The van der Waals surface area contributed by atoms with Crippen LogP contribution in [0.3, 0.4) is 0 Å². The van der Waals surface area contributed by atoms with E-state index in [0.29, 0.717) is 6.42 Å². The minimum Gasteiger partial charge on any atom is -0.496 e. The van der Waals surface area contributed by atoms with Crippen LogP contribution in [0.2, 0.25) is 0 Å². The van der Waals surface area contributed by atoms with Gasteiger partial charge in [0.2, 0.25) is 0 Å². The van der Waals surface area contributed by atoms with E-state index in [1.54, 1.807) is 7.11 Å². The first-order chi connectivity index (χ1) is 8.10. The smallest absolute Gasteiger partial charge is 0.307 e. The number of para-hydroxylation sites is 1. The second-order valence-corrected chi connectivity index (χ2v) is 4.00. The number of ether oxygens (including phenoxy) is 2. The molecule has 4 nitrogen and oxygen atoms in total. The summed E-state index contributed by atoms with van der Waals surface area (Å²) in [5.41, 5.74) is 0.991. The quantitative estimate of drug-likeness (QED) is 0.733. The molecule has 0 amide bonds. The number of methoxy groups -OCH3 is 2. The molecule has 1 rings (SSSR count). The zero-order chi connectivity index (χ0) is 12.8. The van der Waals surface area contributed by atoms with Gasteiger partial charge in [-0.05, 0) is 20.2 Å². The van der Waals surface area contributed by atoms with Gasteiger partial charge in [0, 0.05) is 11.6 Å². The second-order valence-electron chi connectivity index (χ2n) is 4.00.